The van der Waals surface area contributed by atoms with E-state index < -0.39 is 23.1 Å². The number of rotatable bonds is 8. The number of carbonyl (C=O) groups excluding carboxylic acids is 2. The fourth-order valence-electron chi connectivity index (χ4n) is 3.64. The number of esters is 1. The van der Waals surface area contributed by atoms with Crippen LogP contribution in [0.4, 0.5) is 0 Å². The van der Waals surface area contributed by atoms with Gasteiger partial charge in [-0.05, 0) is 17.7 Å². The predicted octanol–water partition coefficient (Wildman–Crippen LogP) is 1.03. The number of phenolic OH excluding ortho intramolecular Hbond substituents is 1. The zero-order valence-corrected chi connectivity index (χ0v) is 17.9. The lowest BCUT2D eigenvalue weighted by molar-refractivity contribution is -0.141. The first-order valence-electron chi connectivity index (χ1n) is 10.1. The fraction of sp³-hybridized carbons (Fsp3) is 0.409. The van der Waals surface area contributed by atoms with E-state index >= 15 is 0 Å². The number of nitrogens with zero attached hydrogens (tertiary/aromatic N) is 2. The van der Waals surface area contributed by atoms with Gasteiger partial charge in [0, 0.05) is 32.2 Å². The van der Waals surface area contributed by atoms with Crippen molar-refractivity contribution in [3.05, 3.63) is 51.6 Å². The molecule has 3 rings (SSSR count). The van der Waals surface area contributed by atoms with Crippen molar-refractivity contribution in [3.8, 4) is 17.2 Å². The van der Waals surface area contributed by atoms with Crippen molar-refractivity contribution in [2.45, 2.75) is 18.9 Å². The molecule has 2 heterocycles. The molecule has 1 aliphatic rings. The second-order valence-electron chi connectivity index (χ2n) is 7.47. The lowest BCUT2D eigenvalue weighted by Crippen LogP contribution is -2.45. The Morgan fingerprint density at radius 3 is 2.53 bits per heavy atom. The molecule has 0 unspecified atom stereocenters. The molecular weight excluding hydrogens is 420 g/mol. The second kappa shape index (κ2) is 10.2. The van der Waals surface area contributed by atoms with E-state index in [1.807, 2.05) is 4.90 Å². The maximum atomic E-state index is 12.5. The third-order valence-corrected chi connectivity index (χ3v) is 5.46. The van der Waals surface area contributed by atoms with Gasteiger partial charge in [-0.3, -0.25) is 19.3 Å². The number of piperazine rings is 1. The van der Waals surface area contributed by atoms with Crippen LogP contribution in [0, 0.1) is 0 Å². The summed E-state index contributed by atoms with van der Waals surface area (Å²) < 4.78 is 15.9. The zero-order chi connectivity index (χ0) is 23.3. The lowest BCUT2D eigenvalue weighted by atomic mass is 9.92. The molecule has 0 spiro atoms. The van der Waals surface area contributed by atoms with Crippen LogP contribution in [0.1, 0.15) is 29.4 Å². The molecule has 2 aromatic rings. The van der Waals surface area contributed by atoms with Crippen LogP contribution < -0.4 is 10.2 Å². The maximum absolute atomic E-state index is 12.5. The van der Waals surface area contributed by atoms with E-state index in [9.17, 15) is 24.6 Å². The summed E-state index contributed by atoms with van der Waals surface area (Å²) in [5, 5.41) is 20.4. The minimum absolute atomic E-state index is 0.0721. The summed E-state index contributed by atoms with van der Waals surface area (Å²) in [5.74, 6) is -1.69. The number of hydrogen-bond donors (Lipinski definition) is 2. The summed E-state index contributed by atoms with van der Waals surface area (Å²) in [6.45, 7) is 2.66. The summed E-state index contributed by atoms with van der Waals surface area (Å²) in [6, 6.07) is 5.67. The normalized spacial score (nSPS) is 15.2. The highest BCUT2D eigenvalue weighted by Gasteiger charge is 2.28. The van der Waals surface area contributed by atoms with Gasteiger partial charge in [0.1, 0.15) is 5.76 Å². The van der Waals surface area contributed by atoms with Crippen LogP contribution in [0.25, 0.3) is 0 Å². The average Bonchev–Trinajstić information content (AvgIpc) is 2.80. The molecule has 172 valence electrons. The van der Waals surface area contributed by atoms with Crippen LogP contribution in [-0.2, 0) is 20.9 Å². The third-order valence-electron chi connectivity index (χ3n) is 5.46. The zero-order valence-electron chi connectivity index (χ0n) is 17.9. The molecule has 1 saturated heterocycles. The van der Waals surface area contributed by atoms with E-state index in [2.05, 4.69) is 0 Å². The van der Waals surface area contributed by atoms with Crippen LogP contribution >= 0.6 is 0 Å². The van der Waals surface area contributed by atoms with Crippen molar-refractivity contribution in [2.75, 3.05) is 40.4 Å². The minimum atomic E-state index is -0.850. The average molecular weight is 446 g/mol. The highest BCUT2D eigenvalue weighted by molar-refractivity contribution is 5.71. The molecular formula is C22H26N2O8. The van der Waals surface area contributed by atoms with Gasteiger partial charge in [0.05, 0.1) is 33.1 Å². The monoisotopic (exact) mass is 446 g/mol. The first-order chi connectivity index (χ1) is 15.4. The molecule has 1 atom stereocenters. The molecule has 0 radical (unpaired) electrons. The van der Waals surface area contributed by atoms with Crippen molar-refractivity contribution in [1.82, 2.24) is 9.80 Å². The van der Waals surface area contributed by atoms with Gasteiger partial charge >= 0.3 is 5.97 Å². The standard InChI is InChI=1S/C22H26N2O8/c1-30-19-9-14(3-4-17(19)26)16(11-20(28)31-2)22-21(29)18(27)10-15(32-22)12-23-5-7-24(13-25)8-6-23/h3-4,9-10,13,16,26,29H,5-8,11-12H2,1-2H3/t16-/m1/s1. The van der Waals surface area contributed by atoms with Gasteiger partial charge < -0.3 is 29.0 Å². The number of ether oxygens (including phenoxy) is 2. The SMILES string of the molecule is COC(=O)C[C@H](c1ccc(O)c(OC)c1)c1oc(CN2CCN(C=O)CC2)cc(=O)c1O. The fourth-order valence-corrected chi connectivity index (χ4v) is 3.64. The van der Waals surface area contributed by atoms with Gasteiger partial charge in [-0.25, -0.2) is 0 Å². The molecule has 0 aliphatic carbocycles. The lowest BCUT2D eigenvalue weighted by Gasteiger charge is -2.32. The Hall–Kier alpha value is -3.53. The van der Waals surface area contributed by atoms with Gasteiger partial charge in [-0.2, -0.15) is 0 Å². The van der Waals surface area contributed by atoms with Gasteiger partial charge in [0.2, 0.25) is 17.6 Å². The number of carbonyl (C=O) groups is 2. The summed E-state index contributed by atoms with van der Waals surface area (Å²) in [6.07, 6.45) is 0.599. The Bertz CT molecular complexity index is 1030. The van der Waals surface area contributed by atoms with E-state index in [4.69, 9.17) is 13.9 Å². The Labute approximate surface area is 184 Å². The van der Waals surface area contributed by atoms with Crippen molar-refractivity contribution in [1.29, 1.82) is 0 Å². The number of amides is 1. The van der Waals surface area contributed by atoms with Crippen LogP contribution in [0.15, 0.2) is 33.5 Å². The van der Waals surface area contributed by atoms with Crippen molar-refractivity contribution < 1.29 is 33.7 Å². The molecule has 0 saturated carbocycles. The molecule has 1 aromatic carbocycles. The van der Waals surface area contributed by atoms with E-state index in [1.165, 1.54) is 32.4 Å². The van der Waals surface area contributed by atoms with E-state index in [1.54, 1.807) is 11.0 Å². The van der Waals surface area contributed by atoms with Crippen LogP contribution in [-0.4, -0.2) is 72.8 Å². The summed E-state index contributed by atoms with van der Waals surface area (Å²) >= 11 is 0. The Kier molecular flexibility index (Phi) is 7.37. The van der Waals surface area contributed by atoms with Crippen LogP contribution in [0.3, 0.4) is 0 Å². The van der Waals surface area contributed by atoms with Gasteiger partial charge in [-0.1, -0.05) is 6.07 Å². The summed E-state index contributed by atoms with van der Waals surface area (Å²) in [4.78, 5) is 39.2. The van der Waals surface area contributed by atoms with E-state index in [-0.39, 0.29) is 23.7 Å². The predicted molar refractivity (Wildman–Crippen MR) is 113 cm³/mol. The van der Waals surface area contributed by atoms with E-state index in [0.717, 1.165) is 6.41 Å². The number of hydrogen-bond acceptors (Lipinski definition) is 9. The molecule has 10 nitrogen and oxygen atoms in total. The molecule has 1 aromatic heterocycles. The topological polar surface area (TPSA) is 130 Å². The molecule has 1 amide bonds. The third kappa shape index (κ3) is 5.20. The Morgan fingerprint density at radius 1 is 1.19 bits per heavy atom. The van der Waals surface area contributed by atoms with Crippen LogP contribution in [0.2, 0.25) is 0 Å². The number of methoxy groups -OCH3 is 2. The first kappa shape index (κ1) is 23.1. The smallest absolute Gasteiger partial charge is 0.306 e. The first-order valence-corrected chi connectivity index (χ1v) is 10.1. The van der Waals surface area contributed by atoms with Gasteiger partial charge in [0.25, 0.3) is 0 Å². The summed E-state index contributed by atoms with van der Waals surface area (Å²) in [5.41, 5.74) is -0.145. The largest absolute Gasteiger partial charge is 0.504 e. The van der Waals surface area contributed by atoms with Crippen molar-refractivity contribution in [3.63, 3.8) is 0 Å². The summed E-state index contributed by atoms with van der Waals surface area (Å²) in [7, 11) is 2.62. The Balaban J connectivity index is 1.97. The maximum Gasteiger partial charge on any atom is 0.306 e. The van der Waals surface area contributed by atoms with Gasteiger partial charge in [0.15, 0.2) is 17.3 Å². The molecule has 1 aliphatic heterocycles. The Morgan fingerprint density at radius 2 is 1.91 bits per heavy atom. The highest BCUT2D eigenvalue weighted by Crippen LogP contribution is 2.37. The number of aromatic hydroxyl groups is 2. The van der Waals surface area contributed by atoms with Crippen LogP contribution in [0.5, 0.6) is 17.2 Å². The number of benzene rings is 1. The molecule has 0 bridgehead atoms. The van der Waals surface area contributed by atoms with E-state index in [0.29, 0.717) is 44.0 Å². The molecule has 1 fully saturated rings. The van der Waals surface area contributed by atoms with Gasteiger partial charge in [-0.15, -0.1) is 0 Å². The molecule has 32 heavy (non-hydrogen) atoms. The number of phenols is 1. The van der Waals surface area contributed by atoms with Crippen molar-refractivity contribution >= 4 is 12.4 Å². The van der Waals surface area contributed by atoms with Crippen molar-refractivity contribution in [2.24, 2.45) is 0 Å². The quantitative estimate of drug-likeness (QED) is 0.451. The highest BCUT2D eigenvalue weighted by atomic mass is 16.5. The molecule has 2 N–H and O–H groups in total. The molecule has 10 heteroatoms. The minimum Gasteiger partial charge on any atom is -0.504 e. The second-order valence-corrected chi connectivity index (χ2v) is 7.47.